The van der Waals surface area contributed by atoms with E-state index in [1.807, 2.05) is 37.3 Å². The van der Waals surface area contributed by atoms with Crippen molar-refractivity contribution in [1.29, 1.82) is 0 Å². The minimum absolute atomic E-state index is 0.179. The number of rotatable bonds is 3. The largest absolute Gasteiger partial charge is 0.374 e. The second kappa shape index (κ2) is 5.95. The lowest BCUT2D eigenvalue weighted by Crippen LogP contribution is -2.06. The number of ether oxygens (including phenoxy) is 1. The van der Waals surface area contributed by atoms with Gasteiger partial charge in [-0.25, -0.2) is 9.97 Å². The number of hydrogen-bond donors (Lipinski definition) is 0. The van der Waals surface area contributed by atoms with Crippen LogP contribution in [0.1, 0.15) is 18.9 Å². The van der Waals surface area contributed by atoms with Crippen molar-refractivity contribution in [3.63, 3.8) is 0 Å². The fourth-order valence-corrected chi connectivity index (χ4v) is 2.24. The molecule has 0 aliphatic rings. The second-order valence-corrected chi connectivity index (χ2v) is 5.22. The van der Waals surface area contributed by atoms with Gasteiger partial charge in [0.25, 0.3) is 0 Å². The third-order valence-electron chi connectivity index (χ3n) is 2.59. The lowest BCUT2D eigenvalue weighted by Gasteiger charge is -2.12. The maximum atomic E-state index is 6.16. The van der Waals surface area contributed by atoms with Crippen LogP contribution in [0.2, 0.25) is 5.15 Å². The predicted molar refractivity (Wildman–Crippen MR) is 80.6 cm³/mol. The Bertz CT molecular complexity index is 548. The van der Waals surface area contributed by atoms with Gasteiger partial charge in [0.15, 0.2) is 5.82 Å². The molecule has 18 heavy (non-hydrogen) atoms. The molecule has 0 saturated heterocycles. The lowest BCUT2D eigenvalue weighted by molar-refractivity contribution is 0.112. The van der Waals surface area contributed by atoms with E-state index in [1.54, 1.807) is 7.11 Å². The molecule has 0 amide bonds. The van der Waals surface area contributed by atoms with E-state index in [9.17, 15) is 0 Å². The SMILES string of the molecule is COC(C)c1nc(Cl)c(I)c(-c2ccccc2)n1. The predicted octanol–water partition coefficient (Wildman–Crippen LogP) is 4.11. The molecule has 0 radical (unpaired) electrons. The first kappa shape index (κ1) is 13.7. The first-order valence-corrected chi connectivity index (χ1v) is 6.90. The third kappa shape index (κ3) is 2.81. The number of nitrogens with zero attached hydrogens (tertiary/aromatic N) is 2. The zero-order chi connectivity index (χ0) is 13.1. The van der Waals surface area contributed by atoms with Gasteiger partial charge >= 0.3 is 0 Å². The van der Waals surface area contributed by atoms with Gasteiger partial charge in [0, 0.05) is 12.7 Å². The van der Waals surface area contributed by atoms with E-state index in [-0.39, 0.29) is 6.10 Å². The van der Waals surface area contributed by atoms with Crippen molar-refractivity contribution in [2.24, 2.45) is 0 Å². The average molecular weight is 375 g/mol. The van der Waals surface area contributed by atoms with Crippen LogP contribution in [0, 0.1) is 3.57 Å². The van der Waals surface area contributed by atoms with Crippen LogP contribution in [0.5, 0.6) is 0 Å². The second-order valence-electron chi connectivity index (χ2n) is 3.78. The fraction of sp³-hybridized carbons (Fsp3) is 0.231. The van der Waals surface area contributed by atoms with Gasteiger partial charge in [0.1, 0.15) is 11.3 Å². The zero-order valence-electron chi connectivity index (χ0n) is 10.0. The van der Waals surface area contributed by atoms with E-state index in [2.05, 4.69) is 32.6 Å². The molecule has 0 fully saturated rings. The molecule has 1 unspecified atom stereocenters. The Labute approximate surface area is 125 Å². The maximum Gasteiger partial charge on any atom is 0.159 e. The summed E-state index contributed by atoms with van der Waals surface area (Å²) < 4.78 is 6.09. The molecular formula is C13H12ClIN2O. The molecule has 2 aromatic rings. The number of aromatic nitrogens is 2. The summed E-state index contributed by atoms with van der Waals surface area (Å²) in [4.78, 5) is 8.80. The highest BCUT2D eigenvalue weighted by atomic mass is 127. The standard InChI is InChI=1S/C13H12ClIN2O/c1-8(18-2)13-16-11(10(15)12(14)17-13)9-6-4-3-5-7-9/h3-8H,1-2H3. The van der Waals surface area contributed by atoms with E-state index >= 15 is 0 Å². The average Bonchev–Trinajstić information content (AvgIpc) is 2.41. The highest BCUT2D eigenvalue weighted by Gasteiger charge is 2.15. The number of benzene rings is 1. The van der Waals surface area contributed by atoms with Crippen molar-refractivity contribution in [2.75, 3.05) is 7.11 Å². The minimum Gasteiger partial charge on any atom is -0.374 e. The Hall–Kier alpha value is -0.720. The summed E-state index contributed by atoms with van der Waals surface area (Å²) in [7, 11) is 1.63. The van der Waals surface area contributed by atoms with Gasteiger partial charge in [-0.1, -0.05) is 41.9 Å². The first-order valence-electron chi connectivity index (χ1n) is 5.44. The van der Waals surface area contributed by atoms with E-state index in [0.717, 1.165) is 14.8 Å². The van der Waals surface area contributed by atoms with Gasteiger partial charge in [-0.2, -0.15) is 0 Å². The summed E-state index contributed by atoms with van der Waals surface area (Å²) in [5.74, 6) is 0.599. The molecule has 1 atom stereocenters. The van der Waals surface area contributed by atoms with E-state index in [1.165, 1.54) is 0 Å². The Morgan fingerprint density at radius 1 is 1.22 bits per heavy atom. The summed E-state index contributed by atoms with van der Waals surface area (Å²) in [5, 5.41) is 0.461. The van der Waals surface area contributed by atoms with Crippen molar-refractivity contribution >= 4 is 34.2 Å². The van der Waals surface area contributed by atoms with Crippen LogP contribution in [0.3, 0.4) is 0 Å². The molecule has 94 valence electrons. The van der Waals surface area contributed by atoms with Crippen LogP contribution in [-0.4, -0.2) is 17.1 Å². The third-order valence-corrected chi connectivity index (χ3v) is 4.21. The van der Waals surface area contributed by atoms with Gasteiger partial charge < -0.3 is 4.74 Å². The number of methoxy groups -OCH3 is 1. The molecule has 3 nitrogen and oxygen atoms in total. The first-order chi connectivity index (χ1) is 8.63. The molecule has 0 aliphatic heterocycles. The van der Waals surface area contributed by atoms with Gasteiger partial charge in [-0.05, 0) is 29.5 Å². The highest BCUT2D eigenvalue weighted by molar-refractivity contribution is 14.1. The van der Waals surface area contributed by atoms with Gasteiger partial charge in [-0.15, -0.1) is 0 Å². The van der Waals surface area contributed by atoms with Crippen molar-refractivity contribution in [2.45, 2.75) is 13.0 Å². The Kier molecular flexibility index (Phi) is 4.53. The maximum absolute atomic E-state index is 6.16. The van der Waals surface area contributed by atoms with Crippen LogP contribution < -0.4 is 0 Å². The summed E-state index contributed by atoms with van der Waals surface area (Å²) in [5.41, 5.74) is 1.87. The summed E-state index contributed by atoms with van der Waals surface area (Å²) in [6, 6.07) is 9.92. The zero-order valence-corrected chi connectivity index (χ0v) is 12.9. The van der Waals surface area contributed by atoms with Crippen LogP contribution in [0.4, 0.5) is 0 Å². The van der Waals surface area contributed by atoms with Crippen molar-refractivity contribution in [1.82, 2.24) is 9.97 Å². The molecule has 1 heterocycles. The molecular weight excluding hydrogens is 363 g/mol. The van der Waals surface area contributed by atoms with Crippen LogP contribution in [0.25, 0.3) is 11.3 Å². The summed E-state index contributed by atoms with van der Waals surface area (Å²) in [6.07, 6.45) is -0.179. The summed E-state index contributed by atoms with van der Waals surface area (Å²) in [6.45, 7) is 1.90. The van der Waals surface area contributed by atoms with Crippen molar-refractivity contribution in [3.05, 3.63) is 44.9 Å². The van der Waals surface area contributed by atoms with Gasteiger partial charge in [0.2, 0.25) is 0 Å². The molecule has 1 aromatic heterocycles. The van der Waals surface area contributed by atoms with E-state index < -0.39 is 0 Å². The minimum atomic E-state index is -0.179. The Morgan fingerprint density at radius 3 is 2.50 bits per heavy atom. The van der Waals surface area contributed by atoms with E-state index in [0.29, 0.717) is 11.0 Å². The number of hydrogen-bond acceptors (Lipinski definition) is 3. The van der Waals surface area contributed by atoms with Crippen LogP contribution >= 0.6 is 34.2 Å². The van der Waals surface area contributed by atoms with Crippen molar-refractivity contribution in [3.8, 4) is 11.3 Å². The fourth-order valence-electron chi connectivity index (χ4n) is 1.51. The molecule has 0 N–H and O–H groups in total. The molecule has 5 heteroatoms. The van der Waals surface area contributed by atoms with Gasteiger partial charge in [0.05, 0.1) is 9.26 Å². The van der Waals surface area contributed by atoms with Crippen molar-refractivity contribution < 1.29 is 4.74 Å². The molecule has 0 saturated carbocycles. The summed E-state index contributed by atoms with van der Waals surface area (Å²) >= 11 is 8.32. The van der Waals surface area contributed by atoms with Crippen LogP contribution in [-0.2, 0) is 4.74 Å². The topological polar surface area (TPSA) is 35.0 Å². The molecule has 2 rings (SSSR count). The molecule has 0 bridgehead atoms. The lowest BCUT2D eigenvalue weighted by atomic mass is 10.1. The Morgan fingerprint density at radius 2 is 1.89 bits per heavy atom. The normalized spacial score (nSPS) is 12.4. The quantitative estimate of drug-likeness (QED) is 0.599. The highest BCUT2D eigenvalue weighted by Crippen LogP contribution is 2.29. The van der Waals surface area contributed by atoms with E-state index in [4.69, 9.17) is 16.3 Å². The number of halogens is 2. The molecule has 1 aromatic carbocycles. The van der Waals surface area contributed by atoms with Crippen LogP contribution in [0.15, 0.2) is 30.3 Å². The van der Waals surface area contributed by atoms with Gasteiger partial charge in [-0.3, -0.25) is 0 Å². The smallest absolute Gasteiger partial charge is 0.159 e. The Balaban J connectivity index is 2.56. The molecule has 0 aliphatic carbocycles. The monoisotopic (exact) mass is 374 g/mol. The molecule has 0 spiro atoms.